The normalized spacial score (nSPS) is 20.2. The summed E-state index contributed by atoms with van der Waals surface area (Å²) in [5.41, 5.74) is 1.11. The highest BCUT2D eigenvalue weighted by atomic mass is 79.9. The van der Waals surface area contributed by atoms with E-state index in [1.54, 1.807) is 6.07 Å². The molecule has 0 radical (unpaired) electrons. The molecule has 1 saturated heterocycles. The number of anilines is 1. The molecule has 0 spiro atoms. The van der Waals surface area contributed by atoms with E-state index < -0.39 is 0 Å². The number of rotatable bonds is 4. The van der Waals surface area contributed by atoms with Crippen molar-refractivity contribution in [2.24, 2.45) is 5.92 Å². The fourth-order valence-corrected chi connectivity index (χ4v) is 3.43. The van der Waals surface area contributed by atoms with Crippen molar-refractivity contribution in [3.63, 3.8) is 0 Å². The predicted octanol–water partition coefficient (Wildman–Crippen LogP) is 3.68. The Morgan fingerprint density at radius 1 is 1.33 bits per heavy atom. The van der Waals surface area contributed by atoms with Crippen LogP contribution in [0.1, 0.15) is 18.4 Å². The van der Waals surface area contributed by atoms with Crippen LogP contribution in [0.5, 0.6) is 0 Å². The standard InChI is InChI=1S/C17H17BrClN3O2/c1-2-24-17(23)14-9-22(16-7-15(19)20-10-21-16)8-13(14)11-3-5-12(18)6-4-11/h3-7,10,13-14H,2,8-9H2,1H3/t13-,14+/m1/s1. The van der Waals surface area contributed by atoms with Gasteiger partial charge in [-0.15, -0.1) is 0 Å². The zero-order chi connectivity index (χ0) is 17.1. The zero-order valence-corrected chi connectivity index (χ0v) is 15.5. The molecule has 5 nitrogen and oxygen atoms in total. The lowest BCUT2D eigenvalue weighted by Crippen LogP contribution is -2.25. The van der Waals surface area contributed by atoms with Gasteiger partial charge in [0.25, 0.3) is 0 Å². The highest BCUT2D eigenvalue weighted by Crippen LogP contribution is 2.36. The molecule has 1 aromatic carbocycles. The van der Waals surface area contributed by atoms with E-state index in [0.717, 1.165) is 15.9 Å². The molecule has 0 bridgehead atoms. The Kier molecular flexibility index (Phi) is 5.36. The highest BCUT2D eigenvalue weighted by Gasteiger charge is 2.40. The molecule has 2 aromatic rings. The smallest absolute Gasteiger partial charge is 0.311 e. The number of carbonyl (C=O) groups is 1. The number of hydrogen-bond acceptors (Lipinski definition) is 5. The van der Waals surface area contributed by atoms with E-state index in [-0.39, 0.29) is 17.8 Å². The number of esters is 1. The number of nitrogens with zero attached hydrogens (tertiary/aromatic N) is 3. The topological polar surface area (TPSA) is 55.3 Å². The first-order valence-electron chi connectivity index (χ1n) is 7.73. The van der Waals surface area contributed by atoms with Crippen LogP contribution in [0.15, 0.2) is 41.1 Å². The maximum Gasteiger partial charge on any atom is 0.311 e. The van der Waals surface area contributed by atoms with E-state index in [0.29, 0.717) is 24.8 Å². The number of halogens is 2. The summed E-state index contributed by atoms with van der Waals surface area (Å²) in [6, 6.07) is 9.77. The molecule has 126 valence electrons. The second-order valence-electron chi connectivity index (χ2n) is 5.62. The van der Waals surface area contributed by atoms with E-state index in [1.807, 2.05) is 31.2 Å². The molecule has 7 heteroatoms. The maximum atomic E-state index is 12.4. The Morgan fingerprint density at radius 3 is 2.75 bits per heavy atom. The Hall–Kier alpha value is -1.66. The van der Waals surface area contributed by atoms with Crippen LogP contribution < -0.4 is 4.90 Å². The van der Waals surface area contributed by atoms with Crippen molar-refractivity contribution in [1.82, 2.24) is 9.97 Å². The van der Waals surface area contributed by atoms with Gasteiger partial charge in [0, 0.05) is 29.5 Å². The summed E-state index contributed by atoms with van der Waals surface area (Å²) in [4.78, 5) is 22.7. The summed E-state index contributed by atoms with van der Waals surface area (Å²) in [5.74, 6) is 0.364. The zero-order valence-electron chi connectivity index (χ0n) is 13.2. The third-order valence-corrected chi connectivity index (χ3v) is 4.89. The second kappa shape index (κ2) is 7.49. The summed E-state index contributed by atoms with van der Waals surface area (Å²) >= 11 is 9.41. The number of ether oxygens (including phenoxy) is 1. The van der Waals surface area contributed by atoms with Crippen LogP contribution in [0.2, 0.25) is 5.15 Å². The van der Waals surface area contributed by atoms with Crippen LogP contribution in [0.4, 0.5) is 5.82 Å². The van der Waals surface area contributed by atoms with Gasteiger partial charge < -0.3 is 9.64 Å². The molecule has 2 heterocycles. The molecular weight excluding hydrogens is 394 g/mol. The van der Waals surface area contributed by atoms with Crippen LogP contribution >= 0.6 is 27.5 Å². The van der Waals surface area contributed by atoms with Gasteiger partial charge in [-0.2, -0.15) is 0 Å². The monoisotopic (exact) mass is 409 g/mol. The number of carbonyl (C=O) groups excluding carboxylic acids is 1. The average molecular weight is 411 g/mol. The van der Waals surface area contributed by atoms with Crippen LogP contribution in [-0.4, -0.2) is 35.6 Å². The van der Waals surface area contributed by atoms with Gasteiger partial charge in [0.2, 0.25) is 0 Å². The minimum absolute atomic E-state index is 0.0471. The Bertz CT molecular complexity index is 726. The molecule has 0 unspecified atom stereocenters. The fourth-order valence-electron chi connectivity index (χ4n) is 3.02. The average Bonchev–Trinajstić information content (AvgIpc) is 3.01. The van der Waals surface area contributed by atoms with Crippen molar-refractivity contribution in [1.29, 1.82) is 0 Å². The molecule has 1 fully saturated rings. The van der Waals surface area contributed by atoms with Crippen molar-refractivity contribution in [3.8, 4) is 0 Å². The van der Waals surface area contributed by atoms with Gasteiger partial charge in [-0.25, -0.2) is 9.97 Å². The van der Waals surface area contributed by atoms with Crippen LogP contribution in [0, 0.1) is 5.92 Å². The van der Waals surface area contributed by atoms with Crippen molar-refractivity contribution in [2.45, 2.75) is 12.8 Å². The second-order valence-corrected chi connectivity index (χ2v) is 6.92. The van der Waals surface area contributed by atoms with Gasteiger partial charge >= 0.3 is 5.97 Å². The van der Waals surface area contributed by atoms with Crippen molar-refractivity contribution in [3.05, 3.63) is 51.8 Å². The molecule has 24 heavy (non-hydrogen) atoms. The van der Waals surface area contributed by atoms with E-state index in [4.69, 9.17) is 16.3 Å². The van der Waals surface area contributed by atoms with Crippen molar-refractivity contribution in [2.75, 3.05) is 24.6 Å². The third kappa shape index (κ3) is 3.70. The predicted molar refractivity (Wildman–Crippen MR) is 96.3 cm³/mol. The van der Waals surface area contributed by atoms with Crippen molar-refractivity contribution < 1.29 is 9.53 Å². The number of aromatic nitrogens is 2. The number of benzene rings is 1. The first-order chi connectivity index (χ1) is 11.6. The summed E-state index contributed by atoms with van der Waals surface area (Å²) in [6.07, 6.45) is 1.43. The summed E-state index contributed by atoms with van der Waals surface area (Å²) < 4.78 is 6.29. The molecule has 0 amide bonds. The molecule has 1 aliphatic rings. The Labute approximate surface area is 154 Å². The van der Waals surface area contributed by atoms with Gasteiger partial charge in [0.05, 0.1) is 12.5 Å². The van der Waals surface area contributed by atoms with E-state index >= 15 is 0 Å². The summed E-state index contributed by atoms with van der Waals surface area (Å²) in [5, 5.41) is 0.389. The van der Waals surface area contributed by atoms with Crippen LogP contribution in [0.3, 0.4) is 0 Å². The molecule has 3 rings (SSSR count). The lowest BCUT2D eigenvalue weighted by molar-refractivity contribution is -0.147. The van der Waals surface area contributed by atoms with E-state index in [1.165, 1.54) is 6.33 Å². The largest absolute Gasteiger partial charge is 0.466 e. The Balaban J connectivity index is 1.89. The van der Waals surface area contributed by atoms with Crippen LogP contribution in [0.25, 0.3) is 0 Å². The lowest BCUT2D eigenvalue weighted by atomic mass is 9.89. The fraction of sp³-hybridized carbons (Fsp3) is 0.353. The minimum Gasteiger partial charge on any atom is -0.466 e. The number of hydrogen-bond donors (Lipinski definition) is 0. The first-order valence-corrected chi connectivity index (χ1v) is 8.90. The summed E-state index contributed by atoms with van der Waals surface area (Å²) in [7, 11) is 0. The van der Waals surface area contributed by atoms with Gasteiger partial charge in [0.1, 0.15) is 17.3 Å². The Morgan fingerprint density at radius 2 is 2.08 bits per heavy atom. The van der Waals surface area contributed by atoms with E-state index in [9.17, 15) is 4.79 Å². The minimum atomic E-state index is -0.236. The molecule has 2 atom stereocenters. The maximum absolute atomic E-state index is 12.4. The lowest BCUT2D eigenvalue weighted by Gasteiger charge is -2.17. The SMILES string of the molecule is CCOC(=O)[C@H]1CN(c2cc(Cl)ncn2)C[C@@H]1c1ccc(Br)cc1. The van der Waals surface area contributed by atoms with E-state index in [2.05, 4.69) is 30.8 Å². The molecule has 1 aromatic heterocycles. The van der Waals surface area contributed by atoms with Gasteiger partial charge in [-0.1, -0.05) is 39.7 Å². The highest BCUT2D eigenvalue weighted by molar-refractivity contribution is 9.10. The summed E-state index contributed by atoms with van der Waals surface area (Å²) in [6.45, 7) is 3.43. The molecular formula is C17H17BrClN3O2. The van der Waals surface area contributed by atoms with Crippen LogP contribution in [-0.2, 0) is 9.53 Å². The van der Waals surface area contributed by atoms with Gasteiger partial charge in [0.15, 0.2) is 0 Å². The van der Waals surface area contributed by atoms with Gasteiger partial charge in [-0.05, 0) is 24.6 Å². The quantitative estimate of drug-likeness (QED) is 0.568. The van der Waals surface area contributed by atoms with Crippen molar-refractivity contribution >= 4 is 39.3 Å². The first kappa shape index (κ1) is 17.2. The molecule has 0 aliphatic carbocycles. The third-order valence-electron chi connectivity index (χ3n) is 4.15. The molecule has 0 saturated carbocycles. The van der Waals surface area contributed by atoms with Gasteiger partial charge in [-0.3, -0.25) is 4.79 Å². The molecule has 1 aliphatic heterocycles. The molecule has 0 N–H and O–H groups in total.